The Morgan fingerprint density at radius 1 is 1.17 bits per heavy atom. The van der Waals surface area contributed by atoms with Gasteiger partial charge in [-0.1, -0.05) is 30.3 Å². The molecule has 0 atom stereocenters. The van der Waals surface area contributed by atoms with E-state index in [1.54, 1.807) is 12.1 Å². The first kappa shape index (κ1) is 26.0. The van der Waals surface area contributed by atoms with Crippen LogP contribution in [0.1, 0.15) is 11.1 Å². The third-order valence-corrected chi connectivity index (χ3v) is 6.01. The molecule has 0 aromatic heterocycles. The smallest absolute Gasteiger partial charge is 0.331 e. The number of halogens is 1. The van der Waals surface area contributed by atoms with Crippen LogP contribution in [0.4, 0.5) is 0 Å². The molecule has 0 unspecified atom stereocenters. The first-order valence-electron chi connectivity index (χ1n) is 10.1. The predicted octanol–water partition coefficient (Wildman–Crippen LogP) is 2.76. The lowest BCUT2D eigenvalue weighted by Crippen LogP contribution is -2.28. The van der Waals surface area contributed by atoms with Gasteiger partial charge in [0, 0.05) is 22.7 Å². The van der Waals surface area contributed by atoms with E-state index in [2.05, 4.69) is 41.5 Å². The largest absolute Gasteiger partial charge is 0.493 e. The minimum Gasteiger partial charge on any atom is -0.493 e. The second-order valence-electron chi connectivity index (χ2n) is 6.81. The number of carbonyl (C=O) groups excluding carboxylic acids is 3. The van der Waals surface area contributed by atoms with Crippen LogP contribution in [0, 0.1) is 0 Å². The Labute approximate surface area is 213 Å². The maximum Gasteiger partial charge on any atom is 0.331 e. The summed E-state index contributed by atoms with van der Waals surface area (Å²) in [4.78, 5) is 35.5. The van der Waals surface area contributed by atoms with E-state index in [4.69, 9.17) is 9.47 Å². The van der Waals surface area contributed by atoms with Crippen LogP contribution in [-0.4, -0.2) is 50.0 Å². The highest BCUT2D eigenvalue weighted by Crippen LogP contribution is 2.33. The third-order valence-electron chi connectivity index (χ3n) is 4.42. The van der Waals surface area contributed by atoms with Gasteiger partial charge in [-0.2, -0.15) is 5.10 Å². The van der Waals surface area contributed by atoms with Gasteiger partial charge in [-0.15, -0.1) is 5.10 Å². The highest BCUT2D eigenvalue weighted by Gasteiger charge is 2.25. The molecule has 1 aliphatic rings. The monoisotopic (exact) mass is 560 g/mol. The number of amides is 2. The summed E-state index contributed by atoms with van der Waals surface area (Å²) < 4.78 is 16.1. The number of rotatable bonds is 9. The normalized spacial score (nSPS) is 15.3. The average Bonchev–Trinajstić information content (AvgIpc) is 3.21. The van der Waals surface area contributed by atoms with E-state index in [9.17, 15) is 14.4 Å². The number of nitrogens with zero attached hydrogens (tertiary/aromatic N) is 2. The molecule has 2 aromatic carbocycles. The average molecular weight is 561 g/mol. The van der Waals surface area contributed by atoms with E-state index in [1.807, 2.05) is 30.3 Å². The van der Waals surface area contributed by atoms with Crippen LogP contribution in [-0.2, 0) is 25.7 Å². The minimum atomic E-state index is -0.639. The summed E-state index contributed by atoms with van der Waals surface area (Å²) in [5.74, 6) is -0.616. The van der Waals surface area contributed by atoms with Gasteiger partial charge >= 0.3 is 5.97 Å². The molecule has 0 spiro atoms. The van der Waals surface area contributed by atoms with Crippen molar-refractivity contribution >= 4 is 56.9 Å². The number of methoxy groups -OCH3 is 2. The number of nitrogens with one attached hydrogen (secondary N) is 2. The lowest BCUT2D eigenvalue weighted by molar-refractivity contribution is -0.135. The molecule has 10 nitrogen and oxygen atoms in total. The fourth-order valence-electron chi connectivity index (χ4n) is 2.70. The molecule has 2 N–H and O–H groups in total. The van der Waals surface area contributed by atoms with Crippen LogP contribution in [0.3, 0.4) is 0 Å². The summed E-state index contributed by atoms with van der Waals surface area (Å²) in [5.41, 5.74) is 1.60. The highest BCUT2D eigenvalue weighted by molar-refractivity contribution is 9.10. The van der Waals surface area contributed by atoms with Crippen molar-refractivity contribution in [2.45, 2.75) is 6.54 Å². The van der Waals surface area contributed by atoms with E-state index in [0.29, 0.717) is 28.1 Å². The number of ether oxygens (including phenoxy) is 3. The van der Waals surface area contributed by atoms with Crippen molar-refractivity contribution in [2.75, 3.05) is 20.8 Å². The van der Waals surface area contributed by atoms with Crippen molar-refractivity contribution in [2.24, 2.45) is 10.2 Å². The molecule has 0 bridgehead atoms. The molecule has 0 saturated carbocycles. The molecule has 1 fully saturated rings. The first-order valence-corrected chi connectivity index (χ1v) is 11.7. The number of thioether (sulfide) groups is 1. The second-order valence-corrected chi connectivity index (χ2v) is 8.70. The van der Waals surface area contributed by atoms with E-state index < -0.39 is 11.9 Å². The number of benzene rings is 2. The van der Waals surface area contributed by atoms with Crippen LogP contribution in [0.5, 0.6) is 11.5 Å². The second kappa shape index (κ2) is 12.7. The Morgan fingerprint density at radius 3 is 2.66 bits per heavy atom. The number of hydrogen-bond acceptors (Lipinski definition) is 9. The van der Waals surface area contributed by atoms with Gasteiger partial charge in [0.05, 0.1) is 25.3 Å². The van der Waals surface area contributed by atoms with Gasteiger partial charge in [0.1, 0.15) is 0 Å². The van der Waals surface area contributed by atoms with Gasteiger partial charge in [0.15, 0.2) is 23.3 Å². The molecule has 35 heavy (non-hydrogen) atoms. The SMILES string of the molecule is COC(=O)/C=C1/S/C(=N\N=Cc2cc(OC)c(OCC(=O)NCc3ccccc3)cc2Br)NC1=O. The zero-order valence-electron chi connectivity index (χ0n) is 18.7. The van der Waals surface area contributed by atoms with Gasteiger partial charge in [0.25, 0.3) is 11.8 Å². The summed E-state index contributed by atoms with van der Waals surface area (Å²) in [6.07, 6.45) is 2.53. The molecule has 2 amide bonds. The first-order chi connectivity index (χ1) is 16.9. The maximum atomic E-state index is 12.1. The quantitative estimate of drug-likeness (QED) is 0.209. The third kappa shape index (κ3) is 7.69. The van der Waals surface area contributed by atoms with E-state index in [1.165, 1.54) is 20.4 Å². The molecule has 1 saturated heterocycles. The van der Waals surface area contributed by atoms with Crippen molar-refractivity contribution in [3.63, 3.8) is 0 Å². The van der Waals surface area contributed by atoms with Crippen LogP contribution in [0.15, 0.2) is 68.1 Å². The van der Waals surface area contributed by atoms with Crippen LogP contribution < -0.4 is 20.1 Å². The molecule has 1 heterocycles. The fourth-order valence-corrected chi connectivity index (χ4v) is 3.86. The van der Waals surface area contributed by atoms with E-state index >= 15 is 0 Å². The molecular weight excluding hydrogens is 540 g/mol. The van der Waals surface area contributed by atoms with Gasteiger partial charge < -0.3 is 19.5 Å². The zero-order chi connectivity index (χ0) is 25.2. The topological polar surface area (TPSA) is 128 Å². The van der Waals surface area contributed by atoms with Gasteiger partial charge in [-0.05, 0) is 45.4 Å². The van der Waals surface area contributed by atoms with Crippen LogP contribution in [0.2, 0.25) is 0 Å². The molecule has 182 valence electrons. The molecule has 3 rings (SSSR count). The Bertz CT molecular complexity index is 1200. The summed E-state index contributed by atoms with van der Waals surface area (Å²) in [5, 5.41) is 13.4. The van der Waals surface area contributed by atoms with E-state index in [-0.39, 0.29) is 22.6 Å². The lowest BCUT2D eigenvalue weighted by Gasteiger charge is -2.12. The molecule has 0 radical (unpaired) electrons. The Kier molecular flexibility index (Phi) is 9.44. The van der Waals surface area contributed by atoms with Crippen molar-refractivity contribution < 1.29 is 28.6 Å². The predicted molar refractivity (Wildman–Crippen MR) is 135 cm³/mol. The zero-order valence-corrected chi connectivity index (χ0v) is 21.1. The molecule has 2 aromatic rings. The van der Waals surface area contributed by atoms with Crippen LogP contribution in [0.25, 0.3) is 0 Å². The van der Waals surface area contributed by atoms with E-state index in [0.717, 1.165) is 23.4 Å². The lowest BCUT2D eigenvalue weighted by atomic mass is 10.2. The number of amidine groups is 1. The maximum absolute atomic E-state index is 12.1. The number of hydrogen-bond donors (Lipinski definition) is 2. The summed E-state index contributed by atoms with van der Waals surface area (Å²) >= 11 is 4.40. The summed E-state index contributed by atoms with van der Waals surface area (Å²) in [7, 11) is 2.70. The number of esters is 1. The van der Waals surface area contributed by atoms with Crippen molar-refractivity contribution in [1.29, 1.82) is 0 Å². The molecule has 0 aliphatic carbocycles. The Balaban J connectivity index is 1.61. The van der Waals surface area contributed by atoms with Crippen molar-refractivity contribution in [3.8, 4) is 11.5 Å². The summed E-state index contributed by atoms with van der Waals surface area (Å²) in [6.45, 7) is 0.218. The van der Waals surface area contributed by atoms with Gasteiger partial charge in [0.2, 0.25) is 0 Å². The molecule has 1 aliphatic heterocycles. The van der Waals surface area contributed by atoms with Crippen molar-refractivity contribution in [1.82, 2.24) is 10.6 Å². The standard InChI is InChI=1S/C23H21BrN4O6S/c1-32-17-8-15(12-26-28-23-27-22(31)19(35-23)10-21(30)33-2)16(24)9-18(17)34-13-20(29)25-11-14-6-4-3-5-7-14/h3-10,12H,11,13H2,1-2H3,(H,25,29)(H,27,28,31)/b19-10+,26-12?. The summed E-state index contributed by atoms with van der Waals surface area (Å²) in [6, 6.07) is 12.9. The van der Waals surface area contributed by atoms with Gasteiger partial charge in [-0.3, -0.25) is 14.9 Å². The van der Waals surface area contributed by atoms with Crippen LogP contribution >= 0.6 is 27.7 Å². The van der Waals surface area contributed by atoms with Gasteiger partial charge in [-0.25, -0.2) is 4.79 Å². The molecule has 12 heteroatoms. The molecular formula is C23H21BrN4O6S. The number of carbonyl (C=O) groups is 3. The van der Waals surface area contributed by atoms with Crippen molar-refractivity contribution in [3.05, 3.63) is 69.0 Å². The minimum absolute atomic E-state index is 0.156. The Morgan fingerprint density at radius 2 is 1.94 bits per heavy atom. The highest BCUT2D eigenvalue weighted by atomic mass is 79.9. The fraction of sp³-hybridized carbons (Fsp3) is 0.174. The Hall–Kier alpha value is -3.64.